The molecule has 0 aromatic heterocycles. The molecular weight excluding hydrogens is 423 g/mol. The molecule has 3 N–H and O–H groups in total. The minimum atomic E-state index is -0.624. The van der Waals surface area contributed by atoms with Crippen molar-refractivity contribution in [3.8, 4) is 5.75 Å². The minimum absolute atomic E-state index is 0.0508. The number of carbonyl (C=O) groups is 2. The number of hydrogen-bond acceptors (Lipinski definition) is 6. The fraction of sp³-hybridized carbons (Fsp3) is 0.111. The third-order valence-corrected chi connectivity index (χ3v) is 5.20. The van der Waals surface area contributed by atoms with Crippen LogP contribution < -0.4 is 10.6 Å². The number of nitrogens with one attached hydrogen (secondary N) is 2. The number of amides is 2. The van der Waals surface area contributed by atoms with Crippen LogP contribution >= 0.6 is 35.0 Å². The summed E-state index contributed by atoms with van der Waals surface area (Å²) in [5, 5.41) is 22.9. The zero-order valence-electron chi connectivity index (χ0n) is 14.2. The Morgan fingerprint density at radius 2 is 2.11 bits per heavy atom. The maximum Gasteiger partial charge on any atom is 0.240 e. The third-order valence-electron chi connectivity index (χ3n) is 3.58. The number of amidine groups is 1. The van der Waals surface area contributed by atoms with Gasteiger partial charge in [-0.05, 0) is 35.9 Å². The van der Waals surface area contributed by atoms with Crippen molar-refractivity contribution in [1.82, 2.24) is 5.32 Å². The van der Waals surface area contributed by atoms with Gasteiger partial charge in [-0.2, -0.15) is 5.10 Å². The Hall–Kier alpha value is -2.55. The topological polar surface area (TPSA) is 103 Å². The van der Waals surface area contributed by atoms with Gasteiger partial charge in [-0.25, -0.2) is 0 Å². The molecular formula is C18H14Cl2N4O3S. The van der Waals surface area contributed by atoms with Crippen molar-refractivity contribution in [2.75, 3.05) is 5.32 Å². The van der Waals surface area contributed by atoms with Crippen LogP contribution in [-0.2, 0) is 9.59 Å². The Bertz CT molecular complexity index is 981. The Labute approximate surface area is 174 Å². The van der Waals surface area contributed by atoms with Crippen LogP contribution in [0.25, 0.3) is 0 Å². The van der Waals surface area contributed by atoms with Crippen molar-refractivity contribution in [2.45, 2.75) is 11.7 Å². The number of phenols is 1. The first-order valence-corrected chi connectivity index (χ1v) is 9.67. The molecule has 2 amide bonds. The standard InChI is InChI=1S/C18H14Cl2N4O3S/c19-11-4-5-14(13(20)7-11)22-16(26)8-15-17(27)23-18(28-15)24-21-9-10-2-1-3-12(25)6-10/h1-7,9,15,25H,8H2,(H,22,26)(H,23,24,27)/b21-9-/t15-/m1/s1. The molecule has 0 unspecified atom stereocenters. The summed E-state index contributed by atoms with van der Waals surface area (Å²) in [6.07, 6.45) is 1.40. The Balaban J connectivity index is 1.57. The van der Waals surface area contributed by atoms with E-state index in [-0.39, 0.29) is 24.0 Å². The predicted octanol–water partition coefficient (Wildman–Crippen LogP) is 3.65. The van der Waals surface area contributed by atoms with Gasteiger partial charge in [0.2, 0.25) is 11.8 Å². The molecule has 0 bridgehead atoms. The molecule has 2 aromatic rings. The van der Waals surface area contributed by atoms with E-state index in [0.29, 0.717) is 26.5 Å². The molecule has 3 rings (SSSR count). The van der Waals surface area contributed by atoms with E-state index >= 15 is 0 Å². The van der Waals surface area contributed by atoms with Gasteiger partial charge in [0.15, 0.2) is 5.17 Å². The molecule has 0 spiro atoms. The molecule has 10 heteroatoms. The maximum absolute atomic E-state index is 12.2. The summed E-state index contributed by atoms with van der Waals surface area (Å²) < 4.78 is 0. The van der Waals surface area contributed by atoms with E-state index in [9.17, 15) is 14.7 Å². The zero-order valence-corrected chi connectivity index (χ0v) is 16.6. The van der Waals surface area contributed by atoms with Crippen LogP contribution in [0, 0.1) is 0 Å². The van der Waals surface area contributed by atoms with Gasteiger partial charge < -0.3 is 15.7 Å². The molecule has 0 saturated carbocycles. The van der Waals surface area contributed by atoms with Crippen molar-refractivity contribution in [1.29, 1.82) is 0 Å². The molecule has 1 atom stereocenters. The van der Waals surface area contributed by atoms with Gasteiger partial charge in [-0.3, -0.25) is 9.59 Å². The van der Waals surface area contributed by atoms with E-state index in [2.05, 4.69) is 20.8 Å². The highest BCUT2D eigenvalue weighted by Crippen LogP contribution is 2.27. The van der Waals surface area contributed by atoms with Crippen molar-refractivity contribution < 1.29 is 14.7 Å². The van der Waals surface area contributed by atoms with Gasteiger partial charge in [0.05, 0.1) is 16.9 Å². The number of hydrogen-bond donors (Lipinski definition) is 3. The van der Waals surface area contributed by atoms with Gasteiger partial charge in [0, 0.05) is 11.4 Å². The number of aromatic hydroxyl groups is 1. The van der Waals surface area contributed by atoms with Gasteiger partial charge in [-0.1, -0.05) is 47.1 Å². The van der Waals surface area contributed by atoms with E-state index in [4.69, 9.17) is 23.2 Å². The third kappa shape index (κ3) is 5.48. The SMILES string of the molecule is O=C(C[C@H]1S/C(=N/N=C\c2cccc(O)c2)NC1=O)Nc1ccc(Cl)cc1Cl. The lowest BCUT2D eigenvalue weighted by molar-refractivity contribution is -0.122. The quantitative estimate of drug-likeness (QED) is 0.491. The molecule has 2 aromatic carbocycles. The molecule has 7 nitrogen and oxygen atoms in total. The number of rotatable bonds is 5. The smallest absolute Gasteiger partial charge is 0.240 e. The molecule has 0 radical (unpaired) electrons. The lowest BCUT2D eigenvalue weighted by atomic mass is 10.2. The normalized spacial score (nSPS) is 17.9. The highest BCUT2D eigenvalue weighted by molar-refractivity contribution is 8.15. The van der Waals surface area contributed by atoms with Crippen LogP contribution in [0.5, 0.6) is 5.75 Å². The van der Waals surface area contributed by atoms with Crippen LogP contribution in [0.3, 0.4) is 0 Å². The number of anilines is 1. The minimum Gasteiger partial charge on any atom is -0.508 e. The fourth-order valence-electron chi connectivity index (χ4n) is 2.30. The first-order valence-electron chi connectivity index (χ1n) is 8.03. The van der Waals surface area contributed by atoms with Crippen LogP contribution in [0.2, 0.25) is 10.0 Å². The lowest BCUT2D eigenvalue weighted by Crippen LogP contribution is -2.28. The second-order valence-corrected chi connectivity index (χ2v) is 7.75. The van der Waals surface area contributed by atoms with Crippen molar-refractivity contribution >= 4 is 63.8 Å². The zero-order chi connectivity index (χ0) is 20.1. The molecule has 1 aliphatic heterocycles. The summed E-state index contributed by atoms with van der Waals surface area (Å²) in [5.74, 6) is -0.568. The number of phenolic OH excluding ortho intramolecular Hbond substituents is 1. The summed E-state index contributed by atoms with van der Waals surface area (Å²) in [6.45, 7) is 0. The van der Waals surface area contributed by atoms with Gasteiger partial charge >= 0.3 is 0 Å². The van der Waals surface area contributed by atoms with E-state index < -0.39 is 5.25 Å². The number of carbonyl (C=O) groups excluding carboxylic acids is 2. The lowest BCUT2D eigenvalue weighted by Gasteiger charge is -2.09. The van der Waals surface area contributed by atoms with Crippen LogP contribution in [0.15, 0.2) is 52.7 Å². The molecule has 1 heterocycles. The summed E-state index contributed by atoms with van der Waals surface area (Å²) in [7, 11) is 0. The van der Waals surface area contributed by atoms with Crippen molar-refractivity contribution in [2.24, 2.45) is 10.2 Å². The molecule has 144 valence electrons. The fourth-order valence-corrected chi connectivity index (χ4v) is 3.68. The first-order chi connectivity index (χ1) is 13.4. The second kappa shape index (κ2) is 9.09. The van der Waals surface area contributed by atoms with E-state index in [0.717, 1.165) is 11.8 Å². The van der Waals surface area contributed by atoms with Crippen LogP contribution in [0.4, 0.5) is 5.69 Å². The predicted molar refractivity (Wildman–Crippen MR) is 112 cm³/mol. The summed E-state index contributed by atoms with van der Waals surface area (Å²) in [5.41, 5.74) is 1.08. The van der Waals surface area contributed by atoms with E-state index in [1.54, 1.807) is 30.3 Å². The van der Waals surface area contributed by atoms with Crippen molar-refractivity contribution in [3.05, 3.63) is 58.1 Å². The Morgan fingerprint density at radius 1 is 1.29 bits per heavy atom. The highest BCUT2D eigenvalue weighted by Gasteiger charge is 2.32. The van der Waals surface area contributed by atoms with Crippen molar-refractivity contribution in [3.63, 3.8) is 0 Å². The Morgan fingerprint density at radius 3 is 2.86 bits per heavy atom. The molecule has 0 aliphatic carbocycles. The highest BCUT2D eigenvalue weighted by atomic mass is 35.5. The van der Waals surface area contributed by atoms with Gasteiger partial charge in [0.25, 0.3) is 0 Å². The van der Waals surface area contributed by atoms with E-state index in [1.165, 1.54) is 18.3 Å². The van der Waals surface area contributed by atoms with Gasteiger partial charge in [-0.15, -0.1) is 5.10 Å². The number of thioether (sulfide) groups is 1. The molecule has 28 heavy (non-hydrogen) atoms. The molecule has 1 fully saturated rings. The summed E-state index contributed by atoms with van der Waals surface area (Å²) in [6, 6.07) is 11.2. The largest absolute Gasteiger partial charge is 0.508 e. The Kier molecular flexibility index (Phi) is 6.56. The van der Waals surface area contributed by atoms with E-state index in [1.807, 2.05) is 0 Å². The summed E-state index contributed by atoms with van der Waals surface area (Å²) in [4.78, 5) is 24.2. The van der Waals surface area contributed by atoms with Crippen LogP contribution in [0.1, 0.15) is 12.0 Å². The number of halogens is 2. The average Bonchev–Trinajstić information content (AvgIpc) is 2.97. The average molecular weight is 437 g/mol. The number of nitrogens with zero attached hydrogens (tertiary/aromatic N) is 2. The first kappa shape index (κ1) is 20.2. The summed E-state index contributed by atoms with van der Waals surface area (Å²) >= 11 is 13.0. The maximum atomic E-state index is 12.2. The van der Waals surface area contributed by atoms with Gasteiger partial charge in [0.1, 0.15) is 11.0 Å². The molecule has 1 saturated heterocycles. The van der Waals surface area contributed by atoms with Crippen LogP contribution in [-0.4, -0.2) is 33.6 Å². The molecule has 1 aliphatic rings. The number of benzene rings is 2. The monoisotopic (exact) mass is 436 g/mol. The second-order valence-electron chi connectivity index (χ2n) is 5.72.